The molecule has 3 aliphatic rings. The maximum absolute atomic E-state index is 13.5. The lowest BCUT2D eigenvalue weighted by atomic mass is 9.63. The Morgan fingerprint density at radius 3 is 2.67 bits per heavy atom. The highest BCUT2D eigenvalue weighted by molar-refractivity contribution is 7.90. The molecule has 0 unspecified atom stereocenters. The molecule has 11 heteroatoms. The maximum atomic E-state index is 13.5. The lowest BCUT2D eigenvalue weighted by Crippen LogP contribution is -2.51. The number of aryl methyl sites for hydroxylation is 2. The van der Waals surface area contributed by atoms with E-state index < -0.39 is 26.8 Å². The van der Waals surface area contributed by atoms with Crippen LogP contribution in [0.3, 0.4) is 0 Å². The number of halogens is 1. The van der Waals surface area contributed by atoms with Crippen molar-refractivity contribution in [3.63, 3.8) is 0 Å². The Morgan fingerprint density at radius 2 is 1.90 bits per heavy atom. The average Bonchev–Trinajstić information content (AvgIpc) is 3.06. The van der Waals surface area contributed by atoms with Gasteiger partial charge in [-0.25, -0.2) is 13.1 Å². The van der Waals surface area contributed by atoms with Crippen LogP contribution in [0.5, 0.6) is 5.75 Å². The number of fused-ring (bicyclic) bond motifs is 3. The summed E-state index contributed by atoms with van der Waals surface area (Å²) < 4.78 is 35.6. The number of sulfonamides is 1. The van der Waals surface area contributed by atoms with Crippen molar-refractivity contribution < 1.29 is 23.1 Å². The SMILES string of the molecule is Cc1nccnc1C[C@@]1(O)/C=C/C[C@H](C)[C@@H](C)S(=O)(=O)NC(=O)c2ccc3c(c2)N(CCCCc2cc(Cl)ccc2CO3)C[C@@H]2CC[C@H]21. The molecule has 48 heavy (non-hydrogen) atoms. The normalized spacial score (nSPS) is 28.4. The minimum Gasteiger partial charge on any atom is -0.487 e. The second-order valence-electron chi connectivity index (χ2n) is 13.8. The zero-order valence-corrected chi connectivity index (χ0v) is 29.4. The summed E-state index contributed by atoms with van der Waals surface area (Å²) in [6, 6.07) is 11.0. The van der Waals surface area contributed by atoms with Gasteiger partial charge in [-0.2, -0.15) is 0 Å². The fourth-order valence-corrected chi connectivity index (χ4v) is 8.75. The second-order valence-corrected chi connectivity index (χ2v) is 16.3. The van der Waals surface area contributed by atoms with Gasteiger partial charge in [-0.1, -0.05) is 36.7 Å². The van der Waals surface area contributed by atoms with Crippen molar-refractivity contribution in [3.05, 3.63) is 94.0 Å². The molecule has 0 radical (unpaired) electrons. The van der Waals surface area contributed by atoms with Gasteiger partial charge < -0.3 is 14.7 Å². The van der Waals surface area contributed by atoms with E-state index in [9.17, 15) is 18.3 Å². The summed E-state index contributed by atoms with van der Waals surface area (Å²) in [5.41, 5.74) is 3.52. The Balaban J connectivity index is 1.41. The van der Waals surface area contributed by atoms with Gasteiger partial charge >= 0.3 is 0 Å². The molecule has 0 spiro atoms. The molecule has 0 saturated heterocycles. The van der Waals surface area contributed by atoms with Crippen LogP contribution in [0.4, 0.5) is 5.69 Å². The molecule has 1 amide bonds. The number of ether oxygens (including phenoxy) is 1. The van der Waals surface area contributed by atoms with E-state index in [-0.39, 0.29) is 23.3 Å². The topological polar surface area (TPSA) is 122 Å². The van der Waals surface area contributed by atoms with Crippen LogP contribution in [0.1, 0.15) is 78.8 Å². The summed E-state index contributed by atoms with van der Waals surface area (Å²) in [5.74, 6) is -0.258. The molecule has 5 atom stereocenters. The first-order valence-corrected chi connectivity index (χ1v) is 18.9. The Bertz CT molecular complexity index is 1800. The van der Waals surface area contributed by atoms with E-state index in [4.69, 9.17) is 16.3 Å². The van der Waals surface area contributed by atoms with Crippen LogP contribution in [0, 0.1) is 24.7 Å². The molecule has 3 heterocycles. The van der Waals surface area contributed by atoms with E-state index in [2.05, 4.69) is 19.6 Å². The zero-order valence-electron chi connectivity index (χ0n) is 27.9. The van der Waals surface area contributed by atoms with Gasteiger partial charge in [-0.3, -0.25) is 14.8 Å². The van der Waals surface area contributed by atoms with Crippen molar-refractivity contribution in [1.29, 1.82) is 0 Å². The molecule has 256 valence electrons. The molecule has 1 aliphatic carbocycles. The lowest BCUT2D eigenvalue weighted by Gasteiger charge is -2.48. The van der Waals surface area contributed by atoms with E-state index >= 15 is 0 Å². The molecule has 2 N–H and O–H groups in total. The quantitative estimate of drug-likeness (QED) is 0.305. The van der Waals surface area contributed by atoms with Crippen molar-refractivity contribution in [2.45, 2.75) is 83.2 Å². The van der Waals surface area contributed by atoms with Crippen LogP contribution in [-0.4, -0.2) is 53.3 Å². The molecular weight excluding hydrogens is 648 g/mol. The zero-order chi connectivity index (χ0) is 34.1. The highest BCUT2D eigenvalue weighted by Gasteiger charge is 2.46. The molecule has 2 aliphatic heterocycles. The minimum absolute atomic E-state index is 0.0556. The number of carbonyl (C=O) groups is 1. The average molecular weight is 693 g/mol. The Labute approximate surface area is 288 Å². The van der Waals surface area contributed by atoms with Gasteiger partial charge in [0.15, 0.2) is 0 Å². The number of anilines is 1. The van der Waals surface area contributed by atoms with Gasteiger partial charge in [-0.15, -0.1) is 0 Å². The number of allylic oxidation sites excluding steroid dienone is 1. The van der Waals surface area contributed by atoms with Crippen LogP contribution in [0.25, 0.3) is 0 Å². The highest BCUT2D eigenvalue weighted by atomic mass is 35.5. The minimum atomic E-state index is -4.00. The second kappa shape index (κ2) is 14.2. The predicted octanol–water partition coefficient (Wildman–Crippen LogP) is 6.20. The van der Waals surface area contributed by atoms with Crippen LogP contribution in [0.2, 0.25) is 5.02 Å². The third kappa shape index (κ3) is 7.40. The van der Waals surface area contributed by atoms with E-state index in [0.717, 1.165) is 60.3 Å². The number of nitrogens with one attached hydrogen (secondary N) is 1. The van der Waals surface area contributed by atoms with E-state index in [1.165, 1.54) is 0 Å². The lowest BCUT2D eigenvalue weighted by molar-refractivity contribution is -0.0452. The van der Waals surface area contributed by atoms with Crippen molar-refractivity contribution in [3.8, 4) is 5.75 Å². The van der Waals surface area contributed by atoms with Gasteiger partial charge in [0.05, 0.1) is 27.9 Å². The molecule has 9 nitrogen and oxygen atoms in total. The summed E-state index contributed by atoms with van der Waals surface area (Å²) in [5, 5.41) is 12.3. The number of aliphatic hydroxyl groups is 1. The Kier molecular flexibility index (Phi) is 10.2. The molecule has 3 aromatic rings. The fourth-order valence-electron chi connectivity index (χ4n) is 7.27. The number of carbonyl (C=O) groups excluding carboxylic acids is 1. The summed E-state index contributed by atoms with van der Waals surface area (Å²) in [4.78, 5) is 24.7. The van der Waals surface area contributed by atoms with E-state index in [1.807, 2.05) is 44.2 Å². The van der Waals surface area contributed by atoms with Gasteiger partial charge in [0.1, 0.15) is 12.4 Å². The summed E-state index contributed by atoms with van der Waals surface area (Å²) >= 11 is 6.35. The molecule has 2 aromatic carbocycles. The first kappa shape index (κ1) is 34.4. The predicted molar refractivity (Wildman–Crippen MR) is 188 cm³/mol. The third-order valence-electron chi connectivity index (χ3n) is 10.6. The standard InChI is InChI=1S/C37H45ClN4O5S/c1-24-7-6-15-37(44,21-33-25(2)39-16-17-40-33)32-13-10-29(32)22-42-18-5-4-8-27-19-31(38)12-9-30(27)23-47-35-14-11-28(20-34(35)42)36(43)41-48(45,46)26(24)3/h6,9,11-12,14-17,19-20,24,26,29,32,44H,4-5,7-8,10,13,18,21-23H2,1-3H3,(H,41,43)/b15-6+/t24-,26+,29-,32+,37-/m0/s1. The number of hydrogen-bond acceptors (Lipinski definition) is 8. The monoisotopic (exact) mass is 692 g/mol. The van der Waals surface area contributed by atoms with E-state index in [0.29, 0.717) is 43.3 Å². The van der Waals surface area contributed by atoms with Gasteiger partial charge in [0.2, 0.25) is 10.0 Å². The number of nitrogens with zero attached hydrogens (tertiary/aromatic N) is 3. The van der Waals surface area contributed by atoms with Crippen LogP contribution in [-0.2, 0) is 29.5 Å². The summed E-state index contributed by atoms with van der Waals surface area (Å²) in [6.45, 7) is 7.04. The van der Waals surface area contributed by atoms with Crippen LogP contribution < -0.4 is 14.4 Å². The summed E-state index contributed by atoms with van der Waals surface area (Å²) in [7, 11) is -4.00. The number of amides is 1. The van der Waals surface area contributed by atoms with Crippen molar-refractivity contribution in [2.75, 3.05) is 18.0 Å². The first-order chi connectivity index (χ1) is 22.9. The molecular formula is C37H45ClN4O5S. The summed E-state index contributed by atoms with van der Waals surface area (Å²) in [6.07, 6.45) is 12.3. The molecule has 6 rings (SSSR count). The van der Waals surface area contributed by atoms with Gasteiger partial charge in [0, 0.05) is 42.5 Å². The highest BCUT2D eigenvalue weighted by Crippen LogP contribution is 2.46. The van der Waals surface area contributed by atoms with E-state index in [1.54, 1.807) is 37.5 Å². The molecule has 2 bridgehead atoms. The number of hydrogen-bond donors (Lipinski definition) is 2. The largest absolute Gasteiger partial charge is 0.487 e. The third-order valence-corrected chi connectivity index (χ3v) is 12.8. The first-order valence-electron chi connectivity index (χ1n) is 16.9. The van der Waals surface area contributed by atoms with Crippen molar-refractivity contribution >= 4 is 33.2 Å². The van der Waals surface area contributed by atoms with Gasteiger partial charge in [-0.05, 0) is 112 Å². The van der Waals surface area contributed by atoms with Crippen LogP contribution >= 0.6 is 11.6 Å². The Morgan fingerprint density at radius 1 is 1.08 bits per heavy atom. The Hall–Kier alpha value is -3.47. The van der Waals surface area contributed by atoms with Gasteiger partial charge in [0.25, 0.3) is 5.91 Å². The smallest absolute Gasteiger partial charge is 0.264 e. The molecule has 1 aromatic heterocycles. The molecule has 1 fully saturated rings. The molecule has 1 saturated carbocycles. The number of aromatic nitrogens is 2. The van der Waals surface area contributed by atoms with Crippen molar-refractivity contribution in [2.24, 2.45) is 17.8 Å². The van der Waals surface area contributed by atoms with Crippen LogP contribution in [0.15, 0.2) is 60.9 Å². The van der Waals surface area contributed by atoms with Crippen molar-refractivity contribution in [1.82, 2.24) is 14.7 Å². The fraction of sp³-hybridized carbons (Fsp3) is 0.486. The number of rotatable bonds is 2. The number of benzene rings is 2. The maximum Gasteiger partial charge on any atom is 0.264 e.